The number of aliphatic carboxylic acids is 1. The lowest BCUT2D eigenvalue weighted by Crippen LogP contribution is -2.17. The lowest BCUT2D eigenvalue weighted by Gasteiger charge is -2.08. The van der Waals surface area contributed by atoms with Gasteiger partial charge >= 0.3 is 5.97 Å². The first-order chi connectivity index (χ1) is 13.3. The van der Waals surface area contributed by atoms with E-state index in [0.717, 1.165) is 18.2 Å². The molecule has 2 aromatic carbocycles. The van der Waals surface area contributed by atoms with Gasteiger partial charge in [0.15, 0.2) is 5.78 Å². The maximum Gasteiger partial charge on any atom is 0.372 e. The topological polar surface area (TPSA) is 85.6 Å². The van der Waals surface area contributed by atoms with Gasteiger partial charge in [0.2, 0.25) is 5.78 Å². The van der Waals surface area contributed by atoms with Gasteiger partial charge in [-0.25, -0.2) is 13.6 Å². The zero-order valence-electron chi connectivity index (χ0n) is 14.7. The van der Waals surface area contributed by atoms with Gasteiger partial charge < -0.3 is 14.4 Å². The number of ether oxygens (including phenoxy) is 1. The minimum Gasteiger partial charge on any atom is -0.496 e. The lowest BCUT2D eigenvalue weighted by atomic mass is 10.0. The van der Waals surface area contributed by atoms with Crippen molar-refractivity contribution in [3.8, 4) is 5.75 Å². The van der Waals surface area contributed by atoms with Crippen LogP contribution in [-0.4, -0.2) is 34.3 Å². The molecular formula is C20H15F2NO5. The zero-order valence-corrected chi connectivity index (χ0v) is 14.7. The van der Waals surface area contributed by atoms with Crippen molar-refractivity contribution in [2.45, 2.75) is 13.0 Å². The number of nitrogens with zero attached hydrogens (tertiary/aromatic N) is 1. The van der Waals surface area contributed by atoms with E-state index in [0.29, 0.717) is 16.7 Å². The molecular weight excluding hydrogens is 372 g/mol. The number of methoxy groups -OCH3 is 1. The second-order valence-corrected chi connectivity index (χ2v) is 6.09. The second kappa shape index (κ2) is 7.59. The molecule has 3 aromatic rings. The molecule has 0 aliphatic rings. The highest BCUT2D eigenvalue weighted by Crippen LogP contribution is 2.32. The first-order valence-electron chi connectivity index (χ1n) is 8.21. The van der Waals surface area contributed by atoms with Crippen LogP contribution >= 0.6 is 0 Å². The van der Waals surface area contributed by atoms with Crippen molar-refractivity contribution in [2.75, 3.05) is 7.11 Å². The summed E-state index contributed by atoms with van der Waals surface area (Å²) >= 11 is 0. The van der Waals surface area contributed by atoms with Crippen molar-refractivity contribution in [3.05, 3.63) is 65.4 Å². The van der Waals surface area contributed by atoms with Crippen LogP contribution in [0.5, 0.6) is 5.75 Å². The second-order valence-electron chi connectivity index (χ2n) is 6.09. The fraction of sp³-hybridized carbons (Fsp3) is 0.150. The van der Waals surface area contributed by atoms with Gasteiger partial charge in [0.1, 0.15) is 17.4 Å². The first kappa shape index (κ1) is 19.2. The SMILES string of the molecule is COc1cccc2c1c(C(=O)CC(=O)C(=O)O)cn2Cc1cc(F)ccc1F. The van der Waals surface area contributed by atoms with Crippen LogP contribution in [0.4, 0.5) is 8.78 Å². The van der Waals surface area contributed by atoms with Crippen molar-refractivity contribution in [2.24, 2.45) is 0 Å². The number of hydrogen-bond donors (Lipinski definition) is 1. The number of rotatable bonds is 7. The zero-order chi connectivity index (χ0) is 20.4. The Balaban J connectivity index is 2.12. The Labute approximate surface area is 158 Å². The van der Waals surface area contributed by atoms with Crippen molar-refractivity contribution in [1.82, 2.24) is 4.57 Å². The average Bonchev–Trinajstić information content (AvgIpc) is 3.03. The molecule has 144 valence electrons. The standard InChI is InChI=1S/C20H15F2NO5/c1-28-18-4-2-3-15-19(18)13(16(24)8-17(25)20(26)27)10-23(15)9-11-7-12(21)5-6-14(11)22/h2-7,10H,8-9H2,1H3,(H,26,27). The van der Waals surface area contributed by atoms with E-state index >= 15 is 0 Å². The number of ketones is 2. The number of fused-ring (bicyclic) bond motifs is 1. The molecule has 0 bridgehead atoms. The monoisotopic (exact) mass is 387 g/mol. The van der Waals surface area contributed by atoms with E-state index in [4.69, 9.17) is 9.84 Å². The van der Waals surface area contributed by atoms with E-state index in [9.17, 15) is 23.2 Å². The summed E-state index contributed by atoms with van der Waals surface area (Å²) in [5.41, 5.74) is 0.633. The number of carboxylic acids is 1. The van der Waals surface area contributed by atoms with Gasteiger partial charge in [-0.15, -0.1) is 0 Å². The summed E-state index contributed by atoms with van der Waals surface area (Å²) in [6.07, 6.45) is 0.565. The predicted molar refractivity (Wildman–Crippen MR) is 95.5 cm³/mol. The number of carboxylic acid groups (broad SMARTS) is 1. The van der Waals surface area contributed by atoms with Gasteiger partial charge in [0.25, 0.3) is 0 Å². The summed E-state index contributed by atoms with van der Waals surface area (Å²) in [5.74, 6) is -4.53. The van der Waals surface area contributed by atoms with Gasteiger partial charge in [-0.2, -0.15) is 0 Å². The number of benzene rings is 2. The third-order valence-corrected chi connectivity index (χ3v) is 4.30. The van der Waals surface area contributed by atoms with Gasteiger partial charge in [0.05, 0.1) is 31.0 Å². The Morgan fingerprint density at radius 3 is 2.57 bits per heavy atom. The molecule has 1 N–H and O–H groups in total. The highest BCUT2D eigenvalue weighted by atomic mass is 19.1. The average molecular weight is 387 g/mol. The van der Waals surface area contributed by atoms with E-state index in [1.807, 2.05) is 0 Å². The Morgan fingerprint density at radius 2 is 1.89 bits per heavy atom. The van der Waals surface area contributed by atoms with Gasteiger partial charge in [-0.1, -0.05) is 6.07 Å². The normalized spacial score (nSPS) is 10.8. The van der Waals surface area contributed by atoms with Crippen LogP contribution in [0, 0.1) is 11.6 Å². The number of carbonyl (C=O) groups is 3. The summed E-state index contributed by atoms with van der Waals surface area (Å²) in [6, 6.07) is 7.99. The molecule has 1 heterocycles. The Hall–Kier alpha value is -3.55. The molecule has 0 aliphatic heterocycles. The Bertz CT molecular complexity index is 1100. The van der Waals surface area contributed by atoms with Gasteiger partial charge in [0, 0.05) is 17.3 Å². The molecule has 0 saturated carbocycles. The van der Waals surface area contributed by atoms with Crippen LogP contribution in [0.2, 0.25) is 0 Å². The van der Waals surface area contributed by atoms with Crippen LogP contribution in [0.1, 0.15) is 22.3 Å². The van der Waals surface area contributed by atoms with Crippen molar-refractivity contribution in [1.29, 1.82) is 0 Å². The van der Waals surface area contributed by atoms with Crippen molar-refractivity contribution < 1.29 is 33.0 Å². The fourth-order valence-corrected chi connectivity index (χ4v) is 3.00. The Kier molecular flexibility index (Phi) is 5.21. The summed E-state index contributed by atoms with van der Waals surface area (Å²) in [7, 11) is 1.40. The molecule has 0 amide bonds. The highest BCUT2D eigenvalue weighted by molar-refractivity contribution is 6.38. The summed E-state index contributed by atoms with van der Waals surface area (Å²) < 4.78 is 34.3. The maximum absolute atomic E-state index is 14.0. The molecule has 6 nitrogen and oxygen atoms in total. The Morgan fingerprint density at radius 1 is 1.14 bits per heavy atom. The summed E-state index contributed by atoms with van der Waals surface area (Å²) in [4.78, 5) is 34.7. The molecule has 0 atom stereocenters. The van der Waals surface area contributed by atoms with Crippen LogP contribution in [0.15, 0.2) is 42.6 Å². The van der Waals surface area contributed by atoms with Crippen LogP contribution < -0.4 is 4.74 Å². The van der Waals surface area contributed by atoms with E-state index in [2.05, 4.69) is 0 Å². The van der Waals surface area contributed by atoms with E-state index in [1.165, 1.54) is 17.9 Å². The molecule has 0 saturated heterocycles. The smallest absolute Gasteiger partial charge is 0.372 e. The summed E-state index contributed by atoms with van der Waals surface area (Å²) in [6.45, 7) is -0.0760. The van der Waals surface area contributed by atoms with E-state index in [1.54, 1.807) is 18.2 Å². The maximum atomic E-state index is 14.0. The number of halogens is 2. The van der Waals surface area contributed by atoms with Crippen molar-refractivity contribution in [3.63, 3.8) is 0 Å². The number of aromatic nitrogens is 1. The number of hydrogen-bond acceptors (Lipinski definition) is 4. The van der Waals surface area contributed by atoms with E-state index < -0.39 is 35.6 Å². The molecule has 8 heteroatoms. The molecule has 3 rings (SSSR count). The van der Waals surface area contributed by atoms with Crippen LogP contribution in [0.25, 0.3) is 10.9 Å². The predicted octanol–water partition coefficient (Wildman–Crippen LogP) is 3.20. The van der Waals surface area contributed by atoms with E-state index in [-0.39, 0.29) is 17.7 Å². The van der Waals surface area contributed by atoms with Crippen LogP contribution in [0.3, 0.4) is 0 Å². The van der Waals surface area contributed by atoms with Crippen molar-refractivity contribution >= 4 is 28.4 Å². The first-order valence-corrected chi connectivity index (χ1v) is 8.21. The lowest BCUT2D eigenvalue weighted by molar-refractivity contribution is -0.148. The fourth-order valence-electron chi connectivity index (χ4n) is 3.00. The summed E-state index contributed by atoms with van der Waals surface area (Å²) in [5, 5.41) is 9.11. The molecule has 1 aromatic heterocycles. The molecule has 0 unspecified atom stereocenters. The number of Topliss-reactive ketones (excluding diaryl/α,β-unsaturated/α-hetero) is 2. The molecule has 0 radical (unpaired) electrons. The highest BCUT2D eigenvalue weighted by Gasteiger charge is 2.23. The minimum absolute atomic E-state index is 0.0684. The number of carbonyl (C=O) groups excluding carboxylic acids is 2. The molecule has 0 fully saturated rings. The molecule has 28 heavy (non-hydrogen) atoms. The quantitative estimate of drug-likeness (QED) is 0.382. The third-order valence-electron chi connectivity index (χ3n) is 4.30. The molecule has 0 spiro atoms. The minimum atomic E-state index is -1.70. The van der Waals surface area contributed by atoms with Gasteiger partial charge in [-0.05, 0) is 30.3 Å². The van der Waals surface area contributed by atoms with Crippen LogP contribution in [-0.2, 0) is 16.1 Å². The largest absolute Gasteiger partial charge is 0.496 e. The van der Waals surface area contributed by atoms with Gasteiger partial charge in [-0.3, -0.25) is 9.59 Å². The third kappa shape index (κ3) is 3.62. The molecule has 0 aliphatic carbocycles.